The molecule has 1 aliphatic carbocycles. The van der Waals surface area contributed by atoms with Gasteiger partial charge in [-0.05, 0) is 63.1 Å². The fraction of sp³-hybridized carbons (Fsp3) is 0.600. The summed E-state index contributed by atoms with van der Waals surface area (Å²) < 4.78 is 2.15. The normalized spacial score (nSPS) is 22.3. The monoisotopic (exact) mass is 372 g/mol. The summed E-state index contributed by atoms with van der Waals surface area (Å²) in [5.74, 6) is 1.16. The molecule has 2 aromatic heterocycles. The third-order valence-corrected chi connectivity index (χ3v) is 7.25. The van der Waals surface area contributed by atoms with E-state index in [4.69, 9.17) is 0 Å². The zero-order chi connectivity index (χ0) is 18.1. The van der Waals surface area contributed by atoms with Crippen molar-refractivity contribution in [3.05, 3.63) is 40.6 Å². The number of thiophene rings is 1. The van der Waals surface area contributed by atoms with Gasteiger partial charge in [0, 0.05) is 29.9 Å². The summed E-state index contributed by atoms with van der Waals surface area (Å²) in [6.45, 7) is 7.82. The molecule has 1 aliphatic heterocycles. The maximum atomic E-state index is 13.5. The van der Waals surface area contributed by atoms with Crippen molar-refractivity contribution in [3.63, 3.8) is 0 Å². The van der Waals surface area contributed by atoms with Crippen molar-refractivity contribution in [1.29, 1.82) is 0 Å². The molecule has 1 saturated carbocycles. The van der Waals surface area contributed by atoms with E-state index in [0.717, 1.165) is 36.8 Å². The van der Waals surface area contributed by atoms with Crippen molar-refractivity contribution in [2.24, 2.45) is 5.41 Å². The molecule has 26 heavy (non-hydrogen) atoms. The largest absolute Gasteiger partial charge is 0.334 e. The van der Waals surface area contributed by atoms with E-state index in [1.165, 1.54) is 12.8 Å². The van der Waals surface area contributed by atoms with E-state index in [2.05, 4.69) is 38.1 Å². The number of hydrogen-bond donors (Lipinski definition) is 1. The Bertz CT molecular complexity index is 748. The predicted octanol–water partition coefficient (Wildman–Crippen LogP) is 3.24. The second-order valence-electron chi connectivity index (χ2n) is 7.67. The first-order chi connectivity index (χ1) is 12.6. The molecule has 140 valence electrons. The number of aryl methyl sites for hydroxylation is 1. The molecule has 2 aliphatic rings. The van der Waals surface area contributed by atoms with Gasteiger partial charge in [-0.25, -0.2) is 4.98 Å². The second-order valence-corrected chi connectivity index (χ2v) is 8.64. The van der Waals surface area contributed by atoms with Gasteiger partial charge < -0.3 is 14.8 Å². The third-order valence-electron chi connectivity index (χ3n) is 6.20. The van der Waals surface area contributed by atoms with Crippen LogP contribution in [0.3, 0.4) is 0 Å². The summed E-state index contributed by atoms with van der Waals surface area (Å²) in [7, 11) is 0. The number of amides is 1. The van der Waals surface area contributed by atoms with Crippen LogP contribution in [0.4, 0.5) is 0 Å². The number of hydrogen-bond acceptors (Lipinski definition) is 4. The standard InChI is InChI=1S/C20H28N4OS/c1-3-23-11-10-22-18(23)14-24(17-13-20(17)6-8-21-9-7-20)19(25)15(2)16-5-4-12-26-16/h4-5,10-12,15,17,21H,3,6-9,13-14H2,1-2H3/t15-,17+/m0/s1. The molecule has 4 rings (SSSR count). The molecule has 2 fully saturated rings. The van der Waals surface area contributed by atoms with Crippen LogP contribution in [-0.2, 0) is 17.9 Å². The molecule has 1 N–H and O–H groups in total. The maximum Gasteiger partial charge on any atom is 0.231 e. The number of carbonyl (C=O) groups excluding carboxylic acids is 1. The van der Waals surface area contributed by atoms with Gasteiger partial charge in [0.05, 0.1) is 12.5 Å². The minimum Gasteiger partial charge on any atom is -0.334 e. The van der Waals surface area contributed by atoms with Crippen LogP contribution in [0.5, 0.6) is 0 Å². The molecule has 2 aromatic rings. The van der Waals surface area contributed by atoms with Crippen LogP contribution in [0.1, 0.15) is 49.7 Å². The van der Waals surface area contributed by atoms with Gasteiger partial charge in [0.25, 0.3) is 0 Å². The van der Waals surface area contributed by atoms with Crippen molar-refractivity contribution in [2.75, 3.05) is 13.1 Å². The Morgan fingerprint density at radius 3 is 3.00 bits per heavy atom. The lowest BCUT2D eigenvalue weighted by atomic mass is 9.93. The van der Waals surface area contributed by atoms with Crippen molar-refractivity contribution >= 4 is 17.2 Å². The van der Waals surface area contributed by atoms with E-state index in [9.17, 15) is 4.79 Å². The van der Waals surface area contributed by atoms with Crippen LogP contribution in [0.15, 0.2) is 29.9 Å². The summed E-state index contributed by atoms with van der Waals surface area (Å²) in [6, 6.07) is 4.47. The summed E-state index contributed by atoms with van der Waals surface area (Å²) in [4.78, 5) is 21.3. The van der Waals surface area contributed by atoms with Crippen molar-refractivity contribution in [1.82, 2.24) is 19.8 Å². The first-order valence-corrected chi connectivity index (χ1v) is 10.6. The van der Waals surface area contributed by atoms with E-state index >= 15 is 0 Å². The van der Waals surface area contributed by atoms with Gasteiger partial charge in [-0.15, -0.1) is 11.3 Å². The number of rotatable bonds is 6. The Morgan fingerprint density at radius 1 is 1.50 bits per heavy atom. The topological polar surface area (TPSA) is 50.2 Å². The minimum atomic E-state index is -0.0839. The van der Waals surface area contributed by atoms with Crippen LogP contribution in [0.25, 0.3) is 0 Å². The van der Waals surface area contributed by atoms with Gasteiger partial charge >= 0.3 is 0 Å². The Hall–Kier alpha value is -1.66. The molecule has 3 heterocycles. The summed E-state index contributed by atoms with van der Waals surface area (Å²) >= 11 is 1.67. The third kappa shape index (κ3) is 3.21. The number of carbonyl (C=O) groups is 1. The van der Waals surface area contributed by atoms with Gasteiger partial charge in [-0.3, -0.25) is 4.79 Å². The highest BCUT2D eigenvalue weighted by atomic mass is 32.1. The van der Waals surface area contributed by atoms with E-state index in [1.54, 1.807) is 11.3 Å². The average Bonchev–Trinajstić information content (AvgIpc) is 3.07. The van der Waals surface area contributed by atoms with Crippen LogP contribution in [-0.4, -0.2) is 39.5 Å². The van der Waals surface area contributed by atoms with Crippen molar-refractivity contribution in [2.45, 2.75) is 58.2 Å². The van der Waals surface area contributed by atoms with Crippen molar-refractivity contribution in [3.8, 4) is 0 Å². The lowest BCUT2D eigenvalue weighted by molar-refractivity contribution is -0.134. The zero-order valence-electron chi connectivity index (χ0n) is 15.6. The Morgan fingerprint density at radius 2 is 2.31 bits per heavy atom. The molecule has 1 spiro atoms. The molecule has 6 heteroatoms. The Balaban J connectivity index is 1.58. The van der Waals surface area contributed by atoms with Gasteiger partial charge in [0.15, 0.2) is 0 Å². The van der Waals surface area contributed by atoms with Crippen LogP contribution >= 0.6 is 11.3 Å². The molecule has 1 saturated heterocycles. The Kier molecular flexibility index (Phi) is 4.88. The highest BCUT2D eigenvalue weighted by Crippen LogP contribution is 2.56. The molecule has 0 unspecified atom stereocenters. The van der Waals surface area contributed by atoms with Crippen molar-refractivity contribution < 1.29 is 4.79 Å². The number of nitrogens with zero attached hydrogens (tertiary/aromatic N) is 3. The summed E-state index contributed by atoms with van der Waals surface area (Å²) in [5, 5.41) is 5.51. The molecule has 5 nitrogen and oxygen atoms in total. The van der Waals surface area contributed by atoms with Crippen LogP contribution in [0, 0.1) is 5.41 Å². The van der Waals surface area contributed by atoms with Gasteiger partial charge in [0.1, 0.15) is 5.82 Å². The number of piperidine rings is 1. The molecule has 0 bridgehead atoms. The number of nitrogens with one attached hydrogen (secondary N) is 1. The smallest absolute Gasteiger partial charge is 0.231 e. The number of aromatic nitrogens is 2. The maximum absolute atomic E-state index is 13.5. The quantitative estimate of drug-likeness (QED) is 0.847. The number of imidazole rings is 1. The lowest BCUT2D eigenvalue weighted by Crippen LogP contribution is -2.41. The van der Waals surface area contributed by atoms with E-state index < -0.39 is 0 Å². The molecular formula is C20H28N4OS. The van der Waals surface area contributed by atoms with Gasteiger partial charge in [-0.1, -0.05) is 6.07 Å². The lowest BCUT2D eigenvalue weighted by Gasteiger charge is -2.31. The average molecular weight is 373 g/mol. The van der Waals surface area contributed by atoms with E-state index in [0.29, 0.717) is 18.0 Å². The fourth-order valence-corrected chi connectivity index (χ4v) is 5.19. The molecule has 2 atom stereocenters. The first kappa shape index (κ1) is 17.7. The van der Waals surface area contributed by atoms with E-state index in [-0.39, 0.29) is 11.8 Å². The minimum absolute atomic E-state index is 0.0839. The summed E-state index contributed by atoms with van der Waals surface area (Å²) in [6.07, 6.45) is 7.35. The van der Waals surface area contributed by atoms with Crippen LogP contribution in [0.2, 0.25) is 0 Å². The second kappa shape index (κ2) is 7.16. The Labute approximate surface area is 159 Å². The molecule has 1 amide bonds. The van der Waals surface area contributed by atoms with Gasteiger partial charge in [0.2, 0.25) is 5.91 Å². The van der Waals surface area contributed by atoms with E-state index in [1.807, 2.05) is 25.4 Å². The fourth-order valence-electron chi connectivity index (χ4n) is 4.41. The molecule has 0 aromatic carbocycles. The van der Waals surface area contributed by atoms with Crippen LogP contribution < -0.4 is 5.32 Å². The predicted molar refractivity (Wildman–Crippen MR) is 104 cm³/mol. The molecular weight excluding hydrogens is 344 g/mol. The first-order valence-electron chi connectivity index (χ1n) is 9.69. The highest BCUT2D eigenvalue weighted by molar-refractivity contribution is 7.10. The highest BCUT2D eigenvalue weighted by Gasteiger charge is 2.58. The molecule has 0 radical (unpaired) electrons. The zero-order valence-corrected chi connectivity index (χ0v) is 16.5. The van der Waals surface area contributed by atoms with Gasteiger partial charge in [-0.2, -0.15) is 0 Å². The summed E-state index contributed by atoms with van der Waals surface area (Å²) in [5.41, 5.74) is 0.333. The SMILES string of the molecule is CCn1ccnc1CN(C(=O)[C@@H](C)c1cccs1)[C@@H]1CC12CCNCC2.